The van der Waals surface area contributed by atoms with Gasteiger partial charge in [0.15, 0.2) is 0 Å². The Hall–Kier alpha value is -1.20. The highest BCUT2D eigenvalue weighted by Crippen LogP contribution is 2.11. The molecule has 1 aromatic rings. The molecule has 1 aliphatic heterocycles. The van der Waals surface area contributed by atoms with E-state index in [1.165, 1.54) is 0 Å². The van der Waals surface area contributed by atoms with Crippen LogP contribution in [0, 0.1) is 6.92 Å². The first-order chi connectivity index (χ1) is 8.04. The smallest absolute Gasteiger partial charge is 0.132 e. The first kappa shape index (κ1) is 12.3. The molecule has 0 radical (unpaired) electrons. The summed E-state index contributed by atoms with van der Waals surface area (Å²) >= 11 is 0. The molecule has 17 heavy (non-hydrogen) atoms. The predicted molar refractivity (Wildman–Crippen MR) is 68.8 cm³/mol. The number of aryl methyl sites for hydroxylation is 1. The number of rotatable bonds is 2. The van der Waals surface area contributed by atoms with Crippen molar-refractivity contribution >= 4 is 5.82 Å². The predicted octanol–water partition coefficient (Wildman–Crippen LogP) is 0.156. The van der Waals surface area contributed by atoms with Gasteiger partial charge in [-0.1, -0.05) is 0 Å². The number of likely N-dealkylation sites (N-methyl/N-ethyl adjacent to an activating group) is 2. The highest BCUT2D eigenvalue weighted by atomic mass is 15.3. The van der Waals surface area contributed by atoms with Gasteiger partial charge >= 0.3 is 0 Å². The van der Waals surface area contributed by atoms with Crippen molar-refractivity contribution in [3.8, 4) is 0 Å². The maximum atomic E-state index is 5.75. The Bertz CT molecular complexity index is 372. The molecular weight excluding hydrogens is 214 g/mol. The van der Waals surface area contributed by atoms with E-state index < -0.39 is 0 Å². The number of aromatic nitrogens is 2. The molecule has 5 heteroatoms. The number of hydrogen-bond acceptors (Lipinski definition) is 5. The van der Waals surface area contributed by atoms with Crippen molar-refractivity contribution in [1.82, 2.24) is 19.8 Å². The number of piperazine rings is 1. The topological polar surface area (TPSA) is 58.3 Å². The van der Waals surface area contributed by atoms with Gasteiger partial charge in [0.2, 0.25) is 0 Å². The minimum atomic E-state index is 0.481. The molecule has 1 aliphatic rings. The SMILES string of the molecule is Cc1cc(N)nc(CC2CN(C)CCN2C)n1. The largest absolute Gasteiger partial charge is 0.384 e. The van der Waals surface area contributed by atoms with Gasteiger partial charge in [0.25, 0.3) is 0 Å². The number of hydrogen-bond donors (Lipinski definition) is 1. The fourth-order valence-electron chi connectivity index (χ4n) is 2.28. The Labute approximate surface area is 103 Å². The molecule has 1 saturated heterocycles. The molecule has 1 unspecified atom stereocenters. The monoisotopic (exact) mass is 235 g/mol. The number of nitrogens with zero attached hydrogens (tertiary/aromatic N) is 4. The summed E-state index contributed by atoms with van der Waals surface area (Å²) in [5, 5.41) is 0. The van der Waals surface area contributed by atoms with Crippen molar-refractivity contribution in [1.29, 1.82) is 0 Å². The molecular formula is C12H21N5. The van der Waals surface area contributed by atoms with E-state index in [1.807, 2.05) is 6.92 Å². The van der Waals surface area contributed by atoms with E-state index in [2.05, 4.69) is 33.9 Å². The standard InChI is InChI=1S/C12H21N5/c1-9-6-11(13)15-12(14-9)7-10-8-16(2)4-5-17(10)3/h6,10H,4-5,7-8H2,1-3H3,(H2,13,14,15). The summed E-state index contributed by atoms with van der Waals surface area (Å²) in [5.74, 6) is 1.42. The van der Waals surface area contributed by atoms with Crippen molar-refractivity contribution in [3.63, 3.8) is 0 Å². The molecule has 94 valence electrons. The summed E-state index contributed by atoms with van der Waals surface area (Å²) in [6.45, 7) is 5.25. The summed E-state index contributed by atoms with van der Waals surface area (Å²) in [6, 6.07) is 2.29. The number of nitrogen functional groups attached to an aromatic ring is 1. The molecule has 1 aromatic heterocycles. The van der Waals surface area contributed by atoms with Crippen molar-refractivity contribution in [2.45, 2.75) is 19.4 Å². The van der Waals surface area contributed by atoms with Gasteiger partial charge in [-0.15, -0.1) is 0 Å². The Balaban J connectivity index is 2.08. The second-order valence-corrected chi connectivity index (χ2v) is 4.95. The Morgan fingerprint density at radius 2 is 2.12 bits per heavy atom. The van der Waals surface area contributed by atoms with Crippen LogP contribution in [0.25, 0.3) is 0 Å². The molecule has 0 aromatic carbocycles. The van der Waals surface area contributed by atoms with Gasteiger partial charge in [0.1, 0.15) is 11.6 Å². The molecule has 5 nitrogen and oxygen atoms in total. The van der Waals surface area contributed by atoms with Crippen molar-refractivity contribution in [3.05, 3.63) is 17.6 Å². The lowest BCUT2D eigenvalue weighted by Gasteiger charge is -2.37. The fourth-order valence-corrected chi connectivity index (χ4v) is 2.28. The van der Waals surface area contributed by atoms with E-state index in [0.29, 0.717) is 11.9 Å². The van der Waals surface area contributed by atoms with Gasteiger partial charge in [-0.2, -0.15) is 0 Å². The Morgan fingerprint density at radius 1 is 1.35 bits per heavy atom. The van der Waals surface area contributed by atoms with Crippen LogP contribution in [0.15, 0.2) is 6.07 Å². The van der Waals surface area contributed by atoms with Gasteiger partial charge in [-0.25, -0.2) is 9.97 Å². The van der Waals surface area contributed by atoms with E-state index in [1.54, 1.807) is 6.07 Å². The van der Waals surface area contributed by atoms with E-state index in [0.717, 1.165) is 37.6 Å². The Morgan fingerprint density at radius 3 is 2.82 bits per heavy atom. The zero-order valence-electron chi connectivity index (χ0n) is 10.8. The quantitative estimate of drug-likeness (QED) is 0.791. The van der Waals surface area contributed by atoms with Crippen LogP contribution >= 0.6 is 0 Å². The average Bonchev–Trinajstić information content (AvgIpc) is 2.22. The van der Waals surface area contributed by atoms with Crippen LogP contribution in [0.1, 0.15) is 11.5 Å². The zero-order chi connectivity index (χ0) is 12.4. The minimum absolute atomic E-state index is 0.481. The first-order valence-corrected chi connectivity index (χ1v) is 6.03. The van der Waals surface area contributed by atoms with Gasteiger partial charge in [-0.05, 0) is 21.0 Å². The van der Waals surface area contributed by atoms with Gasteiger partial charge < -0.3 is 15.5 Å². The van der Waals surface area contributed by atoms with Gasteiger partial charge in [-0.3, -0.25) is 0 Å². The van der Waals surface area contributed by atoms with Crippen LogP contribution < -0.4 is 5.73 Å². The summed E-state index contributed by atoms with van der Waals surface area (Å²) in [7, 11) is 4.32. The van der Waals surface area contributed by atoms with Crippen molar-refractivity contribution in [2.75, 3.05) is 39.5 Å². The summed E-state index contributed by atoms with van der Waals surface area (Å²) in [5.41, 5.74) is 6.70. The lowest BCUT2D eigenvalue weighted by Crippen LogP contribution is -2.51. The van der Waals surface area contributed by atoms with Crippen LogP contribution in [-0.2, 0) is 6.42 Å². The maximum absolute atomic E-state index is 5.75. The third-order valence-electron chi connectivity index (χ3n) is 3.32. The van der Waals surface area contributed by atoms with E-state index in [-0.39, 0.29) is 0 Å². The highest BCUT2D eigenvalue weighted by Gasteiger charge is 2.23. The number of nitrogens with two attached hydrogens (primary N) is 1. The van der Waals surface area contributed by atoms with Crippen molar-refractivity contribution < 1.29 is 0 Å². The van der Waals surface area contributed by atoms with Gasteiger partial charge in [0, 0.05) is 43.9 Å². The van der Waals surface area contributed by atoms with E-state index in [4.69, 9.17) is 5.73 Å². The van der Waals surface area contributed by atoms with Crippen LogP contribution in [0.3, 0.4) is 0 Å². The average molecular weight is 235 g/mol. The van der Waals surface area contributed by atoms with Crippen LogP contribution in [0.2, 0.25) is 0 Å². The summed E-state index contributed by atoms with van der Waals surface area (Å²) in [6.07, 6.45) is 0.868. The summed E-state index contributed by atoms with van der Waals surface area (Å²) < 4.78 is 0. The molecule has 0 aliphatic carbocycles. The molecule has 2 N–H and O–H groups in total. The molecule has 0 spiro atoms. The normalized spacial score (nSPS) is 22.9. The number of anilines is 1. The highest BCUT2D eigenvalue weighted by molar-refractivity contribution is 5.29. The maximum Gasteiger partial charge on any atom is 0.132 e. The molecule has 2 heterocycles. The molecule has 0 saturated carbocycles. The minimum Gasteiger partial charge on any atom is -0.384 e. The first-order valence-electron chi connectivity index (χ1n) is 6.03. The molecule has 0 amide bonds. The third-order valence-corrected chi connectivity index (χ3v) is 3.32. The molecule has 0 bridgehead atoms. The zero-order valence-corrected chi connectivity index (χ0v) is 10.8. The lowest BCUT2D eigenvalue weighted by molar-refractivity contribution is 0.113. The Kier molecular flexibility index (Phi) is 3.59. The second-order valence-electron chi connectivity index (χ2n) is 4.95. The van der Waals surface area contributed by atoms with Crippen LogP contribution in [0.4, 0.5) is 5.82 Å². The fraction of sp³-hybridized carbons (Fsp3) is 0.667. The van der Waals surface area contributed by atoms with Crippen molar-refractivity contribution in [2.24, 2.45) is 0 Å². The molecule has 2 rings (SSSR count). The van der Waals surface area contributed by atoms with Gasteiger partial charge in [0.05, 0.1) is 0 Å². The third kappa shape index (κ3) is 3.14. The lowest BCUT2D eigenvalue weighted by atomic mass is 10.1. The van der Waals surface area contributed by atoms with E-state index in [9.17, 15) is 0 Å². The van der Waals surface area contributed by atoms with E-state index >= 15 is 0 Å². The van der Waals surface area contributed by atoms with Crippen LogP contribution in [0.5, 0.6) is 0 Å². The van der Waals surface area contributed by atoms with Crippen LogP contribution in [-0.4, -0.2) is 59.5 Å². The summed E-state index contributed by atoms with van der Waals surface area (Å²) in [4.78, 5) is 13.5. The molecule has 1 atom stereocenters. The second kappa shape index (κ2) is 4.98. The molecule has 1 fully saturated rings.